The van der Waals surface area contributed by atoms with Crippen LogP contribution in [0, 0.1) is 11.7 Å². The van der Waals surface area contributed by atoms with Crippen LogP contribution >= 0.6 is 0 Å². The van der Waals surface area contributed by atoms with E-state index in [9.17, 15) is 22.7 Å². The molecule has 0 aliphatic carbocycles. The quantitative estimate of drug-likeness (QED) is 0.845. The average Bonchev–Trinajstić information content (AvgIpc) is 2.99. The predicted octanol–water partition coefficient (Wildman–Crippen LogP) is 3.45. The second-order valence-electron chi connectivity index (χ2n) is 5.46. The lowest BCUT2D eigenvalue weighted by Crippen LogP contribution is -2.24. The summed E-state index contributed by atoms with van der Waals surface area (Å²) in [6.07, 6.45) is -3.41. The molecule has 20 heavy (non-hydrogen) atoms. The van der Waals surface area contributed by atoms with E-state index in [0.29, 0.717) is 12.5 Å². The SMILES string of the molecule is OC(c1ccc(F)c(C(F)(F)F)c1)C1CC2CCC1O2. The molecule has 2 heterocycles. The molecule has 6 heteroatoms. The van der Waals surface area contributed by atoms with Gasteiger partial charge in [0.05, 0.1) is 23.9 Å². The zero-order chi connectivity index (χ0) is 14.5. The minimum absolute atomic E-state index is 0.0971. The van der Waals surface area contributed by atoms with E-state index in [-0.39, 0.29) is 23.7 Å². The molecule has 1 N–H and O–H groups in total. The lowest BCUT2D eigenvalue weighted by molar-refractivity contribution is -0.140. The van der Waals surface area contributed by atoms with Crippen LogP contribution in [0.2, 0.25) is 0 Å². The molecule has 3 rings (SSSR count). The number of fused-ring (bicyclic) bond motifs is 2. The minimum atomic E-state index is -4.76. The number of alkyl halides is 3. The van der Waals surface area contributed by atoms with E-state index in [0.717, 1.165) is 18.9 Å². The maximum absolute atomic E-state index is 13.2. The second kappa shape index (κ2) is 4.70. The first-order valence-corrected chi connectivity index (χ1v) is 6.56. The van der Waals surface area contributed by atoms with Crippen LogP contribution in [0.5, 0.6) is 0 Å². The Morgan fingerprint density at radius 1 is 1.25 bits per heavy atom. The monoisotopic (exact) mass is 290 g/mol. The topological polar surface area (TPSA) is 29.5 Å². The average molecular weight is 290 g/mol. The van der Waals surface area contributed by atoms with Gasteiger partial charge in [-0.2, -0.15) is 13.2 Å². The highest BCUT2D eigenvalue weighted by molar-refractivity contribution is 5.29. The number of hydrogen-bond donors (Lipinski definition) is 1. The van der Waals surface area contributed by atoms with Gasteiger partial charge in [0.1, 0.15) is 5.82 Å². The molecule has 4 atom stereocenters. The van der Waals surface area contributed by atoms with Crippen LogP contribution in [-0.2, 0) is 10.9 Å². The number of rotatable bonds is 2. The van der Waals surface area contributed by atoms with Crippen molar-refractivity contribution >= 4 is 0 Å². The molecule has 0 spiro atoms. The summed E-state index contributed by atoms with van der Waals surface area (Å²) in [6.45, 7) is 0. The molecule has 110 valence electrons. The van der Waals surface area contributed by atoms with Crippen molar-refractivity contribution in [2.45, 2.75) is 43.8 Å². The molecule has 1 aromatic carbocycles. The Hall–Kier alpha value is -1.14. The molecule has 2 aliphatic rings. The van der Waals surface area contributed by atoms with E-state index in [2.05, 4.69) is 0 Å². The molecule has 2 nitrogen and oxygen atoms in total. The minimum Gasteiger partial charge on any atom is -0.388 e. The molecule has 4 unspecified atom stereocenters. The summed E-state index contributed by atoms with van der Waals surface area (Å²) in [5.41, 5.74) is -1.24. The third-order valence-corrected chi connectivity index (χ3v) is 4.20. The van der Waals surface area contributed by atoms with Gasteiger partial charge in [0, 0.05) is 5.92 Å². The van der Waals surface area contributed by atoms with Gasteiger partial charge >= 0.3 is 6.18 Å². The van der Waals surface area contributed by atoms with Crippen LogP contribution in [0.3, 0.4) is 0 Å². The van der Waals surface area contributed by atoms with Crippen LogP contribution in [-0.4, -0.2) is 17.3 Å². The van der Waals surface area contributed by atoms with E-state index < -0.39 is 23.7 Å². The van der Waals surface area contributed by atoms with Gasteiger partial charge in [-0.3, -0.25) is 0 Å². The first-order valence-electron chi connectivity index (χ1n) is 6.56. The third-order valence-electron chi connectivity index (χ3n) is 4.20. The smallest absolute Gasteiger partial charge is 0.388 e. The number of aliphatic hydroxyl groups is 1. The van der Waals surface area contributed by atoms with Crippen molar-refractivity contribution < 1.29 is 27.4 Å². The fourth-order valence-electron chi connectivity index (χ4n) is 3.20. The van der Waals surface area contributed by atoms with Gasteiger partial charge in [0.2, 0.25) is 0 Å². The lowest BCUT2D eigenvalue weighted by Gasteiger charge is -2.25. The molecule has 0 radical (unpaired) electrons. The van der Waals surface area contributed by atoms with Gasteiger partial charge in [-0.05, 0) is 37.0 Å². The van der Waals surface area contributed by atoms with E-state index in [1.807, 2.05) is 0 Å². The van der Waals surface area contributed by atoms with Crippen LogP contribution < -0.4 is 0 Å². The first-order chi connectivity index (χ1) is 9.36. The van der Waals surface area contributed by atoms with Crippen molar-refractivity contribution in [1.82, 2.24) is 0 Å². The van der Waals surface area contributed by atoms with Gasteiger partial charge in [-0.15, -0.1) is 0 Å². The highest BCUT2D eigenvalue weighted by atomic mass is 19.4. The first kappa shape index (κ1) is 13.8. The largest absolute Gasteiger partial charge is 0.419 e. The number of benzene rings is 1. The highest BCUT2D eigenvalue weighted by Gasteiger charge is 2.45. The van der Waals surface area contributed by atoms with Crippen molar-refractivity contribution in [1.29, 1.82) is 0 Å². The Kier molecular flexibility index (Phi) is 3.25. The molecule has 0 amide bonds. The van der Waals surface area contributed by atoms with E-state index in [1.165, 1.54) is 6.07 Å². The van der Waals surface area contributed by atoms with Gasteiger partial charge in [0.25, 0.3) is 0 Å². The highest BCUT2D eigenvalue weighted by Crippen LogP contribution is 2.45. The van der Waals surface area contributed by atoms with E-state index >= 15 is 0 Å². The number of aliphatic hydroxyl groups excluding tert-OH is 1. The summed E-state index contributed by atoms with van der Waals surface area (Å²) in [6, 6.07) is 2.67. The van der Waals surface area contributed by atoms with Crippen molar-refractivity contribution in [3.05, 3.63) is 35.1 Å². The van der Waals surface area contributed by atoms with Gasteiger partial charge in [-0.25, -0.2) is 4.39 Å². The number of ether oxygens (including phenoxy) is 1. The van der Waals surface area contributed by atoms with Crippen molar-refractivity contribution in [2.75, 3.05) is 0 Å². The van der Waals surface area contributed by atoms with Crippen molar-refractivity contribution in [2.24, 2.45) is 5.92 Å². The molecule has 2 bridgehead atoms. The Bertz CT molecular complexity index is 514. The zero-order valence-electron chi connectivity index (χ0n) is 10.5. The summed E-state index contributed by atoms with van der Waals surface area (Å²) < 4.78 is 56.8. The Morgan fingerprint density at radius 2 is 2.00 bits per heavy atom. The number of halogens is 4. The summed E-state index contributed by atoms with van der Waals surface area (Å²) in [4.78, 5) is 0. The van der Waals surface area contributed by atoms with Gasteiger partial charge < -0.3 is 9.84 Å². The fraction of sp³-hybridized carbons (Fsp3) is 0.571. The van der Waals surface area contributed by atoms with Crippen LogP contribution in [0.1, 0.15) is 36.5 Å². The van der Waals surface area contributed by atoms with Gasteiger partial charge in [-0.1, -0.05) is 6.07 Å². The summed E-state index contributed by atoms with van der Waals surface area (Å²) in [5, 5.41) is 10.3. The second-order valence-corrected chi connectivity index (χ2v) is 5.46. The Balaban J connectivity index is 1.87. The molecular weight excluding hydrogens is 276 g/mol. The zero-order valence-corrected chi connectivity index (χ0v) is 10.5. The van der Waals surface area contributed by atoms with E-state index in [4.69, 9.17) is 4.74 Å². The molecule has 2 saturated heterocycles. The fourth-order valence-corrected chi connectivity index (χ4v) is 3.20. The van der Waals surface area contributed by atoms with Gasteiger partial charge in [0.15, 0.2) is 0 Å². The molecular formula is C14H14F4O2. The predicted molar refractivity (Wildman–Crippen MR) is 62.4 cm³/mol. The number of hydrogen-bond acceptors (Lipinski definition) is 2. The molecule has 2 fully saturated rings. The Morgan fingerprint density at radius 3 is 2.55 bits per heavy atom. The molecule has 0 aromatic heterocycles. The summed E-state index contributed by atoms with van der Waals surface area (Å²) in [5.74, 6) is -1.53. The lowest BCUT2D eigenvalue weighted by atomic mass is 9.82. The maximum atomic E-state index is 13.2. The normalized spacial score (nSPS) is 30.8. The standard InChI is InChI=1S/C14H14F4O2/c15-11-3-1-7(5-10(11)14(16,17)18)13(19)9-6-8-2-4-12(9)20-8/h1,3,5,8-9,12-13,19H,2,4,6H2. The van der Waals surface area contributed by atoms with Crippen molar-refractivity contribution in [3.8, 4) is 0 Å². The maximum Gasteiger partial charge on any atom is 0.419 e. The van der Waals surface area contributed by atoms with E-state index in [1.54, 1.807) is 0 Å². The Labute approximate surface area is 113 Å². The van der Waals surface area contributed by atoms with Crippen molar-refractivity contribution in [3.63, 3.8) is 0 Å². The molecule has 1 aromatic rings. The molecule has 0 saturated carbocycles. The summed E-state index contributed by atoms with van der Waals surface area (Å²) in [7, 11) is 0. The third kappa shape index (κ3) is 2.31. The van der Waals surface area contributed by atoms with Crippen LogP contribution in [0.25, 0.3) is 0 Å². The molecule has 2 aliphatic heterocycles. The van der Waals surface area contributed by atoms with Crippen LogP contribution in [0.4, 0.5) is 17.6 Å². The summed E-state index contributed by atoms with van der Waals surface area (Å²) >= 11 is 0. The van der Waals surface area contributed by atoms with Crippen LogP contribution in [0.15, 0.2) is 18.2 Å².